The van der Waals surface area contributed by atoms with Crippen LogP contribution in [0.3, 0.4) is 0 Å². The van der Waals surface area contributed by atoms with Crippen LogP contribution in [0.15, 0.2) is 24.3 Å². The molecule has 19 heavy (non-hydrogen) atoms. The van der Waals surface area contributed by atoms with E-state index in [-0.39, 0.29) is 12.2 Å². The van der Waals surface area contributed by atoms with Gasteiger partial charge < -0.3 is 10.8 Å². The molecule has 8 heteroatoms. The zero-order chi connectivity index (χ0) is 14.5. The lowest BCUT2D eigenvalue weighted by atomic mass is 10.1. The number of aliphatic carboxylic acids is 1. The van der Waals surface area contributed by atoms with E-state index < -0.39 is 22.0 Å². The summed E-state index contributed by atoms with van der Waals surface area (Å²) >= 11 is 1.99. The minimum Gasteiger partial charge on any atom is -0.480 e. The van der Waals surface area contributed by atoms with Crippen LogP contribution in [0.1, 0.15) is 5.56 Å². The standard InChI is InChI=1S/C11H15IN2O4S/c12-5-6-19(17,18)14-9-3-1-8(2-4-9)7-10(13)11(15)16/h1-4,10,14H,5-7,13H2,(H,15,16)/t10-/m0/s1. The van der Waals surface area contributed by atoms with Gasteiger partial charge in [-0.25, -0.2) is 8.42 Å². The molecule has 1 rings (SSSR count). The van der Waals surface area contributed by atoms with Crippen molar-refractivity contribution in [2.24, 2.45) is 5.73 Å². The van der Waals surface area contributed by atoms with Crippen molar-refractivity contribution in [1.29, 1.82) is 0 Å². The number of anilines is 1. The molecule has 1 aromatic carbocycles. The van der Waals surface area contributed by atoms with Crippen molar-refractivity contribution in [2.75, 3.05) is 14.9 Å². The van der Waals surface area contributed by atoms with Crippen LogP contribution in [-0.4, -0.2) is 35.7 Å². The van der Waals surface area contributed by atoms with Crippen molar-refractivity contribution >= 4 is 44.3 Å². The molecule has 106 valence electrons. The number of rotatable bonds is 7. The number of halogens is 1. The summed E-state index contributed by atoms with van der Waals surface area (Å²) in [6, 6.07) is 5.54. The number of benzene rings is 1. The van der Waals surface area contributed by atoms with E-state index in [4.69, 9.17) is 10.8 Å². The van der Waals surface area contributed by atoms with Gasteiger partial charge in [-0.1, -0.05) is 34.7 Å². The highest BCUT2D eigenvalue weighted by Crippen LogP contribution is 2.13. The van der Waals surface area contributed by atoms with E-state index in [9.17, 15) is 13.2 Å². The monoisotopic (exact) mass is 398 g/mol. The highest BCUT2D eigenvalue weighted by atomic mass is 127. The molecule has 0 heterocycles. The van der Waals surface area contributed by atoms with Crippen molar-refractivity contribution in [3.8, 4) is 0 Å². The Hall–Kier alpha value is -0.870. The predicted molar refractivity (Wildman–Crippen MR) is 82.1 cm³/mol. The van der Waals surface area contributed by atoms with Crippen LogP contribution >= 0.6 is 22.6 Å². The highest BCUT2D eigenvalue weighted by Gasteiger charge is 2.12. The van der Waals surface area contributed by atoms with E-state index in [2.05, 4.69) is 4.72 Å². The van der Waals surface area contributed by atoms with Crippen LogP contribution in [-0.2, 0) is 21.2 Å². The van der Waals surface area contributed by atoms with E-state index in [0.29, 0.717) is 10.1 Å². The number of carbonyl (C=O) groups is 1. The highest BCUT2D eigenvalue weighted by molar-refractivity contribution is 14.1. The molecule has 0 aliphatic carbocycles. The molecular weight excluding hydrogens is 383 g/mol. The van der Waals surface area contributed by atoms with Crippen molar-refractivity contribution in [3.05, 3.63) is 29.8 Å². The second-order valence-corrected chi connectivity index (χ2v) is 6.88. The third-order valence-corrected chi connectivity index (χ3v) is 4.91. The fourth-order valence-electron chi connectivity index (χ4n) is 1.38. The summed E-state index contributed by atoms with van der Waals surface area (Å²) in [4.78, 5) is 10.6. The van der Waals surface area contributed by atoms with E-state index in [1.54, 1.807) is 24.3 Å². The Morgan fingerprint density at radius 2 is 1.95 bits per heavy atom. The van der Waals surface area contributed by atoms with Gasteiger partial charge in [-0.2, -0.15) is 0 Å². The van der Waals surface area contributed by atoms with Gasteiger partial charge in [0.15, 0.2) is 0 Å². The van der Waals surface area contributed by atoms with Crippen LogP contribution in [0.5, 0.6) is 0 Å². The molecule has 0 bridgehead atoms. The van der Waals surface area contributed by atoms with Gasteiger partial charge in [0.1, 0.15) is 6.04 Å². The maximum atomic E-state index is 11.5. The third-order valence-electron chi connectivity index (χ3n) is 2.35. The lowest BCUT2D eigenvalue weighted by molar-refractivity contribution is -0.138. The number of nitrogens with one attached hydrogen (secondary N) is 1. The zero-order valence-corrected chi connectivity index (χ0v) is 13.0. The first-order valence-electron chi connectivity index (χ1n) is 5.48. The quantitative estimate of drug-likeness (QED) is 0.466. The van der Waals surface area contributed by atoms with Gasteiger partial charge in [-0.15, -0.1) is 0 Å². The molecule has 0 spiro atoms. The summed E-state index contributed by atoms with van der Waals surface area (Å²) in [5, 5.41) is 8.69. The van der Waals surface area contributed by atoms with Crippen molar-refractivity contribution in [1.82, 2.24) is 0 Å². The first-order valence-corrected chi connectivity index (χ1v) is 8.65. The summed E-state index contributed by atoms with van der Waals surface area (Å²) in [5.41, 5.74) is 6.61. The van der Waals surface area contributed by atoms with Gasteiger partial charge >= 0.3 is 5.97 Å². The zero-order valence-electron chi connectivity index (χ0n) is 10.0. The summed E-state index contributed by atoms with van der Waals surface area (Å²) < 4.78 is 26.0. The fraction of sp³-hybridized carbons (Fsp3) is 0.364. The van der Waals surface area contributed by atoms with Crippen LogP contribution in [0.25, 0.3) is 0 Å². The van der Waals surface area contributed by atoms with Gasteiger partial charge in [0.25, 0.3) is 0 Å². The summed E-state index contributed by atoms with van der Waals surface area (Å²) in [7, 11) is -3.31. The number of alkyl halides is 1. The minimum atomic E-state index is -3.31. The fourth-order valence-corrected chi connectivity index (χ4v) is 3.92. The largest absolute Gasteiger partial charge is 0.480 e. The maximum absolute atomic E-state index is 11.5. The third kappa shape index (κ3) is 5.74. The van der Waals surface area contributed by atoms with E-state index in [0.717, 1.165) is 5.56 Å². The molecule has 6 nitrogen and oxygen atoms in total. The number of sulfonamides is 1. The Morgan fingerprint density at radius 1 is 1.37 bits per heavy atom. The van der Waals surface area contributed by atoms with Crippen molar-refractivity contribution in [2.45, 2.75) is 12.5 Å². The summed E-state index contributed by atoms with van der Waals surface area (Å²) in [6.45, 7) is 0. The van der Waals surface area contributed by atoms with Gasteiger partial charge in [-0.3, -0.25) is 9.52 Å². The van der Waals surface area contributed by atoms with Crippen molar-refractivity contribution in [3.63, 3.8) is 0 Å². The molecule has 0 unspecified atom stereocenters. The number of hydrogen-bond acceptors (Lipinski definition) is 4. The second kappa shape index (κ2) is 7.06. The Kier molecular flexibility index (Phi) is 6.01. The van der Waals surface area contributed by atoms with Gasteiger partial charge in [0.2, 0.25) is 10.0 Å². The topological polar surface area (TPSA) is 109 Å². The molecule has 0 saturated carbocycles. The Balaban J connectivity index is 2.69. The van der Waals surface area contributed by atoms with Gasteiger partial charge in [0.05, 0.1) is 5.75 Å². The second-order valence-electron chi connectivity index (χ2n) is 3.96. The summed E-state index contributed by atoms with van der Waals surface area (Å²) in [6.07, 6.45) is 0.204. The number of hydrogen-bond donors (Lipinski definition) is 3. The lowest BCUT2D eigenvalue weighted by Crippen LogP contribution is -2.32. The van der Waals surface area contributed by atoms with E-state index >= 15 is 0 Å². The molecule has 0 radical (unpaired) electrons. The molecule has 0 aliphatic heterocycles. The number of carboxylic acids is 1. The maximum Gasteiger partial charge on any atom is 0.320 e. The van der Waals surface area contributed by atoms with Crippen LogP contribution in [0.4, 0.5) is 5.69 Å². The van der Waals surface area contributed by atoms with Crippen LogP contribution < -0.4 is 10.5 Å². The average molecular weight is 398 g/mol. The number of nitrogens with two attached hydrogens (primary N) is 1. The Labute approximate surface area is 125 Å². The molecule has 0 saturated heterocycles. The lowest BCUT2D eigenvalue weighted by Gasteiger charge is -2.09. The van der Waals surface area contributed by atoms with Gasteiger partial charge in [0, 0.05) is 10.1 Å². The van der Waals surface area contributed by atoms with Crippen LogP contribution in [0, 0.1) is 0 Å². The molecule has 0 aromatic heterocycles. The van der Waals surface area contributed by atoms with Crippen LogP contribution in [0.2, 0.25) is 0 Å². The Bertz CT molecular complexity index is 530. The molecular formula is C11H15IN2O4S. The molecule has 1 atom stereocenters. The Morgan fingerprint density at radius 3 is 2.42 bits per heavy atom. The first kappa shape index (κ1) is 16.2. The first-order chi connectivity index (χ1) is 8.84. The molecule has 0 fully saturated rings. The predicted octanol–water partition coefficient (Wildman–Crippen LogP) is 0.818. The SMILES string of the molecule is N[C@@H](Cc1ccc(NS(=O)(=O)CCI)cc1)C(=O)O. The van der Waals surface area contributed by atoms with Crippen molar-refractivity contribution < 1.29 is 18.3 Å². The van der Waals surface area contributed by atoms with E-state index in [1.807, 2.05) is 22.6 Å². The minimum absolute atomic E-state index is 0.0548. The summed E-state index contributed by atoms with van der Waals surface area (Å²) in [5.74, 6) is -1.01. The normalized spacial score (nSPS) is 12.9. The smallest absolute Gasteiger partial charge is 0.320 e. The molecule has 4 N–H and O–H groups in total. The number of carboxylic acid groups (broad SMARTS) is 1. The molecule has 0 aliphatic rings. The average Bonchev–Trinajstić information content (AvgIpc) is 2.31. The molecule has 1 aromatic rings. The van der Waals surface area contributed by atoms with E-state index in [1.165, 1.54) is 0 Å². The van der Waals surface area contributed by atoms with Gasteiger partial charge in [-0.05, 0) is 24.1 Å². The molecule has 0 amide bonds.